The topological polar surface area (TPSA) is 60.9 Å². The molecule has 0 spiro atoms. The lowest BCUT2D eigenvalue weighted by molar-refractivity contribution is 0.288. The van der Waals surface area contributed by atoms with Crippen LogP contribution in [0.3, 0.4) is 0 Å². The molecular weight excluding hydrogens is 190 g/mol. The predicted molar refractivity (Wildman–Crippen MR) is 60.7 cm³/mol. The summed E-state index contributed by atoms with van der Waals surface area (Å²) in [5.74, 6) is 0. The van der Waals surface area contributed by atoms with Gasteiger partial charge in [-0.2, -0.15) is 0 Å². The van der Waals surface area contributed by atoms with Gasteiger partial charge in [0.1, 0.15) is 0 Å². The normalized spacial score (nSPS) is 13.9. The van der Waals surface area contributed by atoms with Crippen LogP contribution >= 0.6 is 0 Å². The van der Waals surface area contributed by atoms with Gasteiger partial charge in [-0.15, -0.1) is 0 Å². The highest BCUT2D eigenvalue weighted by Crippen LogP contribution is 2.17. The van der Waals surface area contributed by atoms with E-state index in [1.54, 1.807) is 17.8 Å². The van der Waals surface area contributed by atoms with Crippen molar-refractivity contribution >= 4 is 0 Å². The number of nitrogens with zero attached hydrogens (tertiary/aromatic N) is 2. The zero-order valence-electron chi connectivity index (χ0n) is 9.82. The van der Waals surface area contributed by atoms with E-state index in [4.69, 9.17) is 5.73 Å². The molecule has 1 aromatic rings. The Morgan fingerprint density at radius 3 is 2.60 bits per heavy atom. The first-order valence-electron chi connectivity index (χ1n) is 5.09. The number of aromatic nitrogens is 2. The van der Waals surface area contributed by atoms with Crippen molar-refractivity contribution in [3.05, 3.63) is 28.4 Å². The monoisotopic (exact) mass is 209 g/mol. The second-order valence-corrected chi connectivity index (χ2v) is 4.99. The molecule has 0 aromatic carbocycles. The lowest BCUT2D eigenvalue weighted by Crippen LogP contribution is -2.41. The molecule has 0 bridgehead atoms. The first kappa shape index (κ1) is 11.9. The summed E-state index contributed by atoms with van der Waals surface area (Å²) in [7, 11) is 0. The van der Waals surface area contributed by atoms with Gasteiger partial charge in [-0.3, -0.25) is 9.36 Å². The molecule has 15 heavy (non-hydrogen) atoms. The van der Waals surface area contributed by atoms with E-state index in [0.29, 0.717) is 6.54 Å². The molecule has 0 saturated carbocycles. The molecule has 0 aliphatic heterocycles. The van der Waals surface area contributed by atoms with Crippen molar-refractivity contribution in [2.24, 2.45) is 11.1 Å². The standard InChI is InChI=1S/C11H19N3O/c1-8-5-10(15)14(7-13-8)6-9(12)11(2,3)4/h5,7,9H,6,12H2,1-4H3. The molecular formula is C11H19N3O. The van der Waals surface area contributed by atoms with Crippen LogP contribution in [-0.2, 0) is 6.54 Å². The van der Waals surface area contributed by atoms with Crippen LogP contribution in [0.15, 0.2) is 17.2 Å². The molecule has 84 valence electrons. The quantitative estimate of drug-likeness (QED) is 0.788. The van der Waals surface area contributed by atoms with Gasteiger partial charge in [-0.25, -0.2) is 4.98 Å². The first-order chi connectivity index (χ1) is 6.80. The average molecular weight is 209 g/mol. The highest BCUT2D eigenvalue weighted by atomic mass is 16.1. The maximum Gasteiger partial charge on any atom is 0.253 e. The Labute approximate surface area is 90.1 Å². The molecule has 1 atom stereocenters. The highest BCUT2D eigenvalue weighted by molar-refractivity contribution is 4.96. The van der Waals surface area contributed by atoms with Crippen LogP contribution in [0.1, 0.15) is 26.5 Å². The van der Waals surface area contributed by atoms with Crippen LogP contribution in [0.4, 0.5) is 0 Å². The zero-order valence-corrected chi connectivity index (χ0v) is 9.82. The average Bonchev–Trinajstić information content (AvgIpc) is 2.08. The molecule has 1 rings (SSSR count). The summed E-state index contributed by atoms with van der Waals surface area (Å²) in [6.07, 6.45) is 1.56. The Hall–Kier alpha value is -1.16. The van der Waals surface area contributed by atoms with E-state index in [9.17, 15) is 4.79 Å². The van der Waals surface area contributed by atoms with Crippen LogP contribution in [0.25, 0.3) is 0 Å². The van der Waals surface area contributed by atoms with Crippen LogP contribution in [0.5, 0.6) is 0 Å². The lowest BCUT2D eigenvalue weighted by Gasteiger charge is -2.27. The Balaban J connectivity index is 2.87. The van der Waals surface area contributed by atoms with Crippen molar-refractivity contribution in [3.8, 4) is 0 Å². The second kappa shape index (κ2) is 4.14. The van der Waals surface area contributed by atoms with E-state index in [-0.39, 0.29) is 17.0 Å². The summed E-state index contributed by atoms with van der Waals surface area (Å²) in [4.78, 5) is 15.7. The smallest absolute Gasteiger partial charge is 0.253 e. The van der Waals surface area contributed by atoms with E-state index in [1.165, 1.54) is 6.07 Å². The highest BCUT2D eigenvalue weighted by Gasteiger charge is 2.21. The fourth-order valence-corrected chi connectivity index (χ4v) is 1.14. The Morgan fingerprint density at radius 2 is 2.13 bits per heavy atom. The predicted octanol–water partition coefficient (Wildman–Crippen LogP) is 0.925. The van der Waals surface area contributed by atoms with Gasteiger partial charge in [0.15, 0.2) is 0 Å². The van der Waals surface area contributed by atoms with Crippen molar-refractivity contribution in [1.29, 1.82) is 0 Å². The maximum absolute atomic E-state index is 11.6. The Bertz CT molecular complexity index is 390. The molecule has 0 aliphatic rings. The molecule has 0 radical (unpaired) electrons. The third kappa shape index (κ3) is 3.16. The third-order valence-electron chi connectivity index (χ3n) is 2.52. The third-order valence-corrected chi connectivity index (χ3v) is 2.52. The summed E-state index contributed by atoms with van der Waals surface area (Å²) in [6.45, 7) is 8.49. The van der Waals surface area contributed by atoms with Gasteiger partial charge in [-0.1, -0.05) is 20.8 Å². The lowest BCUT2D eigenvalue weighted by atomic mass is 9.87. The Morgan fingerprint density at radius 1 is 1.53 bits per heavy atom. The number of hydrogen-bond donors (Lipinski definition) is 1. The van der Waals surface area contributed by atoms with Crippen LogP contribution in [0, 0.1) is 12.3 Å². The number of aryl methyl sites for hydroxylation is 1. The molecule has 4 heteroatoms. The van der Waals surface area contributed by atoms with Gasteiger partial charge in [0.25, 0.3) is 5.56 Å². The van der Waals surface area contributed by atoms with Gasteiger partial charge in [0, 0.05) is 24.3 Å². The minimum atomic E-state index is -0.0558. The fourth-order valence-electron chi connectivity index (χ4n) is 1.14. The zero-order chi connectivity index (χ0) is 11.6. The molecule has 2 N–H and O–H groups in total. The van der Waals surface area contributed by atoms with Crippen LogP contribution in [-0.4, -0.2) is 15.6 Å². The molecule has 0 amide bonds. The van der Waals surface area contributed by atoms with Gasteiger partial charge < -0.3 is 5.73 Å². The van der Waals surface area contributed by atoms with Gasteiger partial charge in [-0.05, 0) is 12.3 Å². The maximum atomic E-state index is 11.6. The number of rotatable bonds is 2. The van der Waals surface area contributed by atoms with Crippen molar-refractivity contribution in [2.45, 2.75) is 40.3 Å². The molecule has 0 fully saturated rings. The van der Waals surface area contributed by atoms with E-state index < -0.39 is 0 Å². The van der Waals surface area contributed by atoms with Crippen molar-refractivity contribution in [3.63, 3.8) is 0 Å². The van der Waals surface area contributed by atoms with Gasteiger partial charge in [0.05, 0.1) is 6.33 Å². The fraction of sp³-hybridized carbons (Fsp3) is 0.636. The largest absolute Gasteiger partial charge is 0.326 e. The van der Waals surface area contributed by atoms with E-state index in [0.717, 1.165) is 5.69 Å². The van der Waals surface area contributed by atoms with Gasteiger partial charge >= 0.3 is 0 Å². The Kier molecular flexibility index (Phi) is 3.29. The molecule has 0 saturated heterocycles. The van der Waals surface area contributed by atoms with E-state index in [1.807, 2.05) is 0 Å². The summed E-state index contributed by atoms with van der Waals surface area (Å²) in [5.41, 5.74) is 6.69. The van der Waals surface area contributed by atoms with Crippen molar-refractivity contribution in [1.82, 2.24) is 9.55 Å². The summed E-state index contributed by atoms with van der Waals surface area (Å²) in [5, 5.41) is 0. The molecule has 0 aliphatic carbocycles. The second-order valence-electron chi connectivity index (χ2n) is 4.99. The molecule has 4 nitrogen and oxygen atoms in total. The number of hydrogen-bond acceptors (Lipinski definition) is 3. The van der Waals surface area contributed by atoms with E-state index >= 15 is 0 Å². The molecule has 1 unspecified atom stereocenters. The minimum Gasteiger partial charge on any atom is -0.326 e. The van der Waals surface area contributed by atoms with Crippen molar-refractivity contribution in [2.75, 3.05) is 0 Å². The van der Waals surface area contributed by atoms with Crippen LogP contribution < -0.4 is 11.3 Å². The minimum absolute atomic E-state index is 0.00960. The number of nitrogens with two attached hydrogens (primary N) is 1. The van der Waals surface area contributed by atoms with Gasteiger partial charge in [0.2, 0.25) is 0 Å². The summed E-state index contributed by atoms with van der Waals surface area (Å²) >= 11 is 0. The summed E-state index contributed by atoms with van der Waals surface area (Å²) in [6, 6.07) is 1.47. The van der Waals surface area contributed by atoms with Crippen LogP contribution in [0.2, 0.25) is 0 Å². The van der Waals surface area contributed by atoms with Crippen molar-refractivity contribution < 1.29 is 0 Å². The molecule has 1 heterocycles. The summed E-state index contributed by atoms with van der Waals surface area (Å²) < 4.78 is 1.56. The molecule has 1 aromatic heterocycles. The van der Waals surface area contributed by atoms with E-state index in [2.05, 4.69) is 25.8 Å². The SMILES string of the molecule is Cc1cc(=O)n(CC(N)C(C)(C)C)cn1. The first-order valence-corrected chi connectivity index (χ1v) is 5.09.